The molecule has 0 saturated heterocycles. The third kappa shape index (κ3) is 1.81. The molecule has 12 heavy (non-hydrogen) atoms. The summed E-state index contributed by atoms with van der Waals surface area (Å²) in [6.45, 7) is -0.0641. The van der Waals surface area contributed by atoms with Crippen LogP contribution in [0.1, 0.15) is 0 Å². The Kier molecular flexibility index (Phi) is 2.40. The quantitative estimate of drug-likeness (QED) is 0.262. The van der Waals surface area contributed by atoms with E-state index >= 15 is 0 Å². The molecule has 0 aliphatic heterocycles. The molecule has 0 spiro atoms. The van der Waals surface area contributed by atoms with Crippen molar-refractivity contribution in [1.29, 1.82) is 0 Å². The van der Waals surface area contributed by atoms with Gasteiger partial charge in [-0.05, 0) is 23.8 Å². The van der Waals surface area contributed by atoms with E-state index in [2.05, 4.69) is 10.0 Å². The highest BCUT2D eigenvalue weighted by Gasteiger charge is 2.11. The number of hydrogen-bond donors (Lipinski definition) is 0. The molecule has 1 aliphatic rings. The van der Waals surface area contributed by atoms with Crippen LogP contribution in [0.4, 0.5) is 0 Å². The third-order valence-electron chi connectivity index (χ3n) is 1.34. The standard InChI is InChI=1S/C7H5N3O2/c8-10-9-4-5-3-6(11)1-2-7(5)12/h1-3H,4H2. The van der Waals surface area contributed by atoms with Crippen LogP contribution in [0.25, 0.3) is 10.4 Å². The van der Waals surface area contributed by atoms with Gasteiger partial charge in [-0.15, -0.1) is 0 Å². The van der Waals surface area contributed by atoms with Gasteiger partial charge in [0.15, 0.2) is 11.6 Å². The molecule has 0 aromatic rings. The van der Waals surface area contributed by atoms with Crippen molar-refractivity contribution >= 4 is 11.6 Å². The molecule has 0 radical (unpaired) electrons. The maximum Gasteiger partial charge on any atom is 0.182 e. The normalized spacial score (nSPS) is 15.5. The lowest BCUT2D eigenvalue weighted by Gasteiger charge is -2.01. The zero-order valence-electron chi connectivity index (χ0n) is 6.10. The van der Waals surface area contributed by atoms with E-state index in [1.54, 1.807) is 0 Å². The molecule has 0 fully saturated rings. The smallest absolute Gasteiger partial charge is 0.182 e. The van der Waals surface area contributed by atoms with Gasteiger partial charge in [0.2, 0.25) is 0 Å². The highest BCUT2D eigenvalue weighted by molar-refractivity contribution is 6.17. The van der Waals surface area contributed by atoms with Crippen molar-refractivity contribution in [3.05, 3.63) is 34.2 Å². The number of allylic oxidation sites excluding steroid dienone is 3. The molecule has 5 heteroatoms. The second-order valence-electron chi connectivity index (χ2n) is 2.16. The summed E-state index contributed by atoms with van der Waals surface area (Å²) in [7, 11) is 0. The van der Waals surface area contributed by atoms with Gasteiger partial charge in [-0.2, -0.15) is 0 Å². The minimum absolute atomic E-state index is 0.0641. The summed E-state index contributed by atoms with van der Waals surface area (Å²) in [5.74, 6) is -0.528. The van der Waals surface area contributed by atoms with Gasteiger partial charge in [0.1, 0.15) is 0 Å². The second kappa shape index (κ2) is 3.50. The van der Waals surface area contributed by atoms with E-state index in [0.717, 1.165) is 0 Å². The molecule has 0 saturated carbocycles. The first-order chi connectivity index (χ1) is 5.74. The predicted octanol–water partition coefficient (Wildman–Crippen LogP) is 0.931. The zero-order chi connectivity index (χ0) is 8.97. The minimum atomic E-state index is -0.276. The van der Waals surface area contributed by atoms with E-state index in [9.17, 15) is 9.59 Å². The zero-order valence-corrected chi connectivity index (χ0v) is 6.10. The second-order valence-corrected chi connectivity index (χ2v) is 2.16. The van der Waals surface area contributed by atoms with E-state index in [-0.39, 0.29) is 23.7 Å². The van der Waals surface area contributed by atoms with Crippen molar-refractivity contribution in [2.45, 2.75) is 0 Å². The summed E-state index contributed by atoms with van der Waals surface area (Å²) < 4.78 is 0. The lowest BCUT2D eigenvalue weighted by molar-refractivity contribution is -0.114. The van der Waals surface area contributed by atoms with E-state index in [1.165, 1.54) is 18.2 Å². The summed E-state index contributed by atoms with van der Waals surface area (Å²) >= 11 is 0. The lowest BCUT2D eigenvalue weighted by atomic mass is 10.0. The van der Waals surface area contributed by atoms with Crippen molar-refractivity contribution in [1.82, 2.24) is 0 Å². The van der Waals surface area contributed by atoms with E-state index in [4.69, 9.17) is 5.53 Å². The van der Waals surface area contributed by atoms with Gasteiger partial charge in [-0.3, -0.25) is 9.59 Å². The largest absolute Gasteiger partial charge is 0.290 e. The van der Waals surface area contributed by atoms with Gasteiger partial charge in [0, 0.05) is 10.5 Å². The number of hydrogen-bond acceptors (Lipinski definition) is 3. The number of nitrogens with zero attached hydrogens (tertiary/aromatic N) is 3. The topological polar surface area (TPSA) is 82.9 Å². The van der Waals surface area contributed by atoms with Crippen LogP contribution >= 0.6 is 0 Å². The number of carbonyl (C=O) groups is 2. The van der Waals surface area contributed by atoms with E-state index in [1.807, 2.05) is 0 Å². The maximum absolute atomic E-state index is 11.0. The molecular formula is C7H5N3O2. The monoisotopic (exact) mass is 163 g/mol. The van der Waals surface area contributed by atoms with Crippen LogP contribution in [0.2, 0.25) is 0 Å². The van der Waals surface area contributed by atoms with Gasteiger partial charge in [0.25, 0.3) is 0 Å². The van der Waals surface area contributed by atoms with Crippen LogP contribution < -0.4 is 0 Å². The highest BCUT2D eigenvalue weighted by atomic mass is 16.1. The van der Waals surface area contributed by atoms with Gasteiger partial charge < -0.3 is 0 Å². The number of ketones is 2. The number of carbonyl (C=O) groups excluding carboxylic acids is 2. The van der Waals surface area contributed by atoms with Gasteiger partial charge in [0.05, 0.1) is 6.54 Å². The predicted molar refractivity (Wildman–Crippen MR) is 41.3 cm³/mol. The lowest BCUT2D eigenvalue weighted by Crippen LogP contribution is -2.09. The molecule has 5 nitrogen and oxygen atoms in total. The molecule has 0 amide bonds. The first-order valence-electron chi connectivity index (χ1n) is 3.22. The average Bonchev–Trinajstić information content (AvgIpc) is 2.07. The van der Waals surface area contributed by atoms with Gasteiger partial charge >= 0.3 is 0 Å². The molecule has 0 aromatic heterocycles. The molecule has 60 valence electrons. The Morgan fingerprint density at radius 1 is 1.42 bits per heavy atom. The fourth-order valence-corrected chi connectivity index (χ4v) is 0.787. The highest BCUT2D eigenvalue weighted by Crippen LogP contribution is 2.05. The average molecular weight is 163 g/mol. The maximum atomic E-state index is 11.0. The Morgan fingerprint density at radius 3 is 2.83 bits per heavy atom. The van der Waals surface area contributed by atoms with Crippen LogP contribution in [-0.4, -0.2) is 18.1 Å². The van der Waals surface area contributed by atoms with Gasteiger partial charge in [-0.25, -0.2) is 0 Å². The Labute approximate surface area is 68.0 Å². The van der Waals surface area contributed by atoms with Crippen molar-refractivity contribution in [3.8, 4) is 0 Å². The van der Waals surface area contributed by atoms with Crippen LogP contribution in [-0.2, 0) is 9.59 Å². The first-order valence-corrected chi connectivity index (χ1v) is 3.22. The Bertz CT molecular complexity index is 335. The number of rotatable bonds is 2. The van der Waals surface area contributed by atoms with E-state index in [0.29, 0.717) is 0 Å². The fourth-order valence-electron chi connectivity index (χ4n) is 0.787. The molecule has 0 atom stereocenters. The molecule has 0 N–H and O–H groups in total. The number of azide groups is 1. The Balaban J connectivity index is 2.81. The van der Waals surface area contributed by atoms with Crippen molar-refractivity contribution in [2.24, 2.45) is 5.11 Å². The van der Waals surface area contributed by atoms with Crippen LogP contribution in [0.3, 0.4) is 0 Å². The summed E-state index contributed by atoms with van der Waals surface area (Å²) in [5.41, 5.74) is 8.20. The molecule has 1 rings (SSSR count). The summed E-state index contributed by atoms with van der Waals surface area (Å²) in [6.07, 6.45) is 3.53. The Morgan fingerprint density at radius 2 is 2.17 bits per heavy atom. The first kappa shape index (κ1) is 8.23. The fraction of sp³-hybridized carbons (Fsp3) is 0.143. The van der Waals surface area contributed by atoms with Crippen LogP contribution in [0.5, 0.6) is 0 Å². The van der Waals surface area contributed by atoms with Crippen molar-refractivity contribution in [2.75, 3.05) is 6.54 Å². The molecule has 0 bridgehead atoms. The summed E-state index contributed by atoms with van der Waals surface area (Å²) in [6, 6.07) is 0. The minimum Gasteiger partial charge on any atom is -0.290 e. The molecular weight excluding hydrogens is 158 g/mol. The third-order valence-corrected chi connectivity index (χ3v) is 1.34. The van der Waals surface area contributed by atoms with Crippen LogP contribution in [0, 0.1) is 0 Å². The molecule has 0 unspecified atom stereocenters. The molecule has 1 aliphatic carbocycles. The molecule has 0 aromatic carbocycles. The van der Waals surface area contributed by atoms with Gasteiger partial charge in [-0.1, -0.05) is 5.11 Å². The van der Waals surface area contributed by atoms with Crippen molar-refractivity contribution < 1.29 is 9.59 Å². The SMILES string of the molecule is [N-]=[N+]=NCC1=CC(=O)C=CC1=O. The van der Waals surface area contributed by atoms with Crippen LogP contribution in [0.15, 0.2) is 28.9 Å². The van der Waals surface area contributed by atoms with E-state index < -0.39 is 0 Å². The van der Waals surface area contributed by atoms with Crippen molar-refractivity contribution in [3.63, 3.8) is 0 Å². The summed E-state index contributed by atoms with van der Waals surface area (Å²) in [4.78, 5) is 24.2. The molecule has 0 heterocycles. The summed E-state index contributed by atoms with van der Waals surface area (Å²) in [5, 5.41) is 3.19. The Hall–Kier alpha value is -1.87.